The largest absolute Gasteiger partial charge is 0.383 e. The lowest BCUT2D eigenvalue weighted by atomic mass is 10.1. The van der Waals surface area contributed by atoms with Gasteiger partial charge in [0.05, 0.1) is 13.2 Å². The Kier molecular flexibility index (Phi) is 5.47. The van der Waals surface area contributed by atoms with Gasteiger partial charge in [0, 0.05) is 24.1 Å². The van der Waals surface area contributed by atoms with Crippen molar-refractivity contribution < 1.29 is 13.9 Å². The van der Waals surface area contributed by atoms with Crippen molar-refractivity contribution in [2.24, 2.45) is 0 Å². The molecule has 1 aromatic heterocycles. The van der Waals surface area contributed by atoms with E-state index in [4.69, 9.17) is 4.74 Å². The number of ether oxygens (including phenoxy) is 1. The molecule has 0 unspecified atom stereocenters. The van der Waals surface area contributed by atoms with Crippen molar-refractivity contribution in [2.45, 2.75) is 13.5 Å². The summed E-state index contributed by atoms with van der Waals surface area (Å²) < 4.78 is 18.3. The second kappa shape index (κ2) is 7.33. The first kappa shape index (κ1) is 15.7. The summed E-state index contributed by atoms with van der Waals surface area (Å²) in [5, 5.41) is 1.98. The van der Waals surface area contributed by atoms with Gasteiger partial charge in [-0.1, -0.05) is 6.07 Å². The van der Waals surface area contributed by atoms with Crippen LogP contribution in [0.25, 0.3) is 0 Å². The molecule has 0 bridgehead atoms. The number of thiophene rings is 1. The molecule has 0 aliphatic carbocycles. The summed E-state index contributed by atoms with van der Waals surface area (Å²) in [6, 6.07) is 8.20. The highest BCUT2D eigenvalue weighted by Crippen LogP contribution is 2.17. The number of carbonyl (C=O) groups excluding carboxylic acids is 1. The normalized spacial score (nSPS) is 10.6. The van der Waals surface area contributed by atoms with E-state index in [1.807, 2.05) is 17.5 Å². The Bertz CT molecular complexity index is 598. The first-order chi connectivity index (χ1) is 10.1. The van der Waals surface area contributed by atoms with Crippen LogP contribution in [0, 0.1) is 12.7 Å². The maximum absolute atomic E-state index is 13.2. The number of nitrogens with zero attached hydrogens (tertiary/aromatic N) is 1. The molecule has 0 aliphatic rings. The highest BCUT2D eigenvalue weighted by Gasteiger charge is 2.18. The molecule has 1 heterocycles. The molecular weight excluding hydrogens is 289 g/mol. The topological polar surface area (TPSA) is 29.5 Å². The predicted molar refractivity (Wildman–Crippen MR) is 82.1 cm³/mol. The first-order valence-electron chi connectivity index (χ1n) is 6.68. The Morgan fingerprint density at radius 3 is 2.81 bits per heavy atom. The summed E-state index contributed by atoms with van der Waals surface area (Å²) >= 11 is 1.61. The lowest BCUT2D eigenvalue weighted by Crippen LogP contribution is -2.33. The third-order valence-electron chi connectivity index (χ3n) is 3.20. The van der Waals surface area contributed by atoms with Crippen LogP contribution in [0.4, 0.5) is 4.39 Å². The molecule has 0 radical (unpaired) electrons. The van der Waals surface area contributed by atoms with Crippen molar-refractivity contribution in [3.63, 3.8) is 0 Å². The van der Waals surface area contributed by atoms with Crippen molar-refractivity contribution >= 4 is 17.2 Å². The zero-order chi connectivity index (χ0) is 15.2. The predicted octanol–water partition coefficient (Wildman–Crippen LogP) is 3.48. The number of hydrogen-bond acceptors (Lipinski definition) is 3. The van der Waals surface area contributed by atoms with Gasteiger partial charge in [-0.05, 0) is 42.1 Å². The Morgan fingerprint density at radius 1 is 1.38 bits per heavy atom. The van der Waals surface area contributed by atoms with Gasteiger partial charge in [0.15, 0.2) is 0 Å². The molecule has 2 rings (SSSR count). The van der Waals surface area contributed by atoms with E-state index in [0.29, 0.717) is 30.8 Å². The second-order valence-electron chi connectivity index (χ2n) is 4.76. The molecular formula is C16H18FNO2S. The smallest absolute Gasteiger partial charge is 0.254 e. The van der Waals surface area contributed by atoms with E-state index in [9.17, 15) is 9.18 Å². The van der Waals surface area contributed by atoms with Crippen LogP contribution in [0.3, 0.4) is 0 Å². The number of benzene rings is 1. The number of aryl methyl sites for hydroxylation is 1. The zero-order valence-corrected chi connectivity index (χ0v) is 13.0. The van der Waals surface area contributed by atoms with Crippen molar-refractivity contribution in [1.82, 2.24) is 4.90 Å². The number of halogens is 1. The Balaban J connectivity index is 2.20. The van der Waals surface area contributed by atoms with Crippen molar-refractivity contribution in [2.75, 3.05) is 20.3 Å². The highest BCUT2D eigenvalue weighted by atomic mass is 32.1. The van der Waals surface area contributed by atoms with Crippen LogP contribution in [0.5, 0.6) is 0 Å². The van der Waals surface area contributed by atoms with Gasteiger partial charge in [-0.15, -0.1) is 11.3 Å². The molecule has 2 aromatic rings. The molecule has 0 aliphatic heterocycles. The summed E-state index contributed by atoms with van der Waals surface area (Å²) in [4.78, 5) is 15.5. The zero-order valence-electron chi connectivity index (χ0n) is 12.1. The van der Waals surface area contributed by atoms with Crippen molar-refractivity contribution in [3.8, 4) is 0 Å². The van der Waals surface area contributed by atoms with Crippen molar-refractivity contribution in [1.29, 1.82) is 0 Å². The third kappa shape index (κ3) is 4.12. The van der Waals surface area contributed by atoms with Crippen LogP contribution in [0.2, 0.25) is 0 Å². The van der Waals surface area contributed by atoms with Gasteiger partial charge in [-0.3, -0.25) is 4.79 Å². The molecule has 0 atom stereocenters. The Labute approximate surface area is 128 Å². The Morgan fingerprint density at radius 2 is 2.19 bits per heavy atom. The Hall–Kier alpha value is -1.72. The fraction of sp³-hybridized carbons (Fsp3) is 0.312. The van der Waals surface area contributed by atoms with Crippen LogP contribution in [0.1, 0.15) is 20.8 Å². The van der Waals surface area contributed by atoms with Gasteiger partial charge in [0.1, 0.15) is 5.82 Å². The van der Waals surface area contributed by atoms with Crippen LogP contribution < -0.4 is 0 Å². The molecule has 0 saturated heterocycles. The molecule has 0 spiro atoms. The van der Waals surface area contributed by atoms with Crippen LogP contribution in [0.15, 0.2) is 35.7 Å². The molecule has 0 N–H and O–H groups in total. The van der Waals surface area contributed by atoms with Gasteiger partial charge in [0.2, 0.25) is 0 Å². The molecule has 1 aromatic carbocycles. The maximum atomic E-state index is 13.2. The summed E-state index contributed by atoms with van der Waals surface area (Å²) in [5.41, 5.74) is 1.18. The maximum Gasteiger partial charge on any atom is 0.254 e. The van der Waals surface area contributed by atoms with Gasteiger partial charge >= 0.3 is 0 Å². The van der Waals surface area contributed by atoms with E-state index >= 15 is 0 Å². The summed E-state index contributed by atoms with van der Waals surface area (Å²) in [6.07, 6.45) is 0. The molecule has 0 saturated carbocycles. The minimum atomic E-state index is -0.328. The van der Waals surface area contributed by atoms with E-state index < -0.39 is 0 Å². The molecule has 5 heteroatoms. The minimum Gasteiger partial charge on any atom is -0.383 e. The van der Waals surface area contributed by atoms with E-state index in [1.165, 1.54) is 12.1 Å². The monoisotopic (exact) mass is 307 g/mol. The molecule has 112 valence electrons. The number of carbonyl (C=O) groups is 1. The first-order valence-corrected chi connectivity index (χ1v) is 7.56. The summed E-state index contributed by atoms with van der Waals surface area (Å²) in [6.45, 7) is 3.26. The van der Waals surface area contributed by atoms with E-state index in [1.54, 1.807) is 36.3 Å². The summed E-state index contributed by atoms with van der Waals surface area (Å²) in [7, 11) is 1.61. The van der Waals surface area contributed by atoms with E-state index in [2.05, 4.69) is 0 Å². The van der Waals surface area contributed by atoms with Crippen LogP contribution >= 0.6 is 11.3 Å². The van der Waals surface area contributed by atoms with E-state index in [0.717, 1.165) is 4.88 Å². The van der Waals surface area contributed by atoms with Gasteiger partial charge in [-0.25, -0.2) is 4.39 Å². The third-order valence-corrected chi connectivity index (χ3v) is 4.06. The molecule has 21 heavy (non-hydrogen) atoms. The average Bonchev–Trinajstić information content (AvgIpc) is 2.95. The average molecular weight is 307 g/mol. The number of methoxy groups -OCH3 is 1. The van der Waals surface area contributed by atoms with Gasteiger partial charge < -0.3 is 9.64 Å². The number of rotatable bonds is 6. The van der Waals surface area contributed by atoms with Crippen LogP contribution in [-0.4, -0.2) is 31.1 Å². The molecule has 3 nitrogen and oxygen atoms in total. The fourth-order valence-corrected chi connectivity index (χ4v) is 2.80. The minimum absolute atomic E-state index is 0.0991. The van der Waals surface area contributed by atoms with Gasteiger partial charge in [-0.2, -0.15) is 0 Å². The number of hydrogen-bond donors (Lipinski definition) is 0. The lowest BCUT2D eigenvalue weighted by molar-refractivity contribution is 0.0681. The van der Waals surface area contributed by atoms with Crippen molar-refractivity contribution in [3.05, 3.63) is 57.5 Å². The summed E-state index contributed by atoms with van der Waals surface area (Å²) in [5.74, 6) is -0.427. The van der Waals surface area contributed by atoms with Crippen LogP contribution in [-0.2, 0) is 11.3 Å². The van der Waals surface area contributed by atoms with Gasteiger partial charge in [0.25, 0.3) is 5.91 Å². The van der Waals surface area contributed by atoms with E-state index in [-0.39, 0.29) is 11.7 Å². The standard InChI is InChI=1S/C16H18FNO2S/c1-12-10-13(17)5-6-15(12)16(19)18(7-8-20-2)11-14-4-3-9-21-14/h3-6,9-10H,7-8,11H2,1-2H3. The molecule has 0 fully saturated rings. The molecule has 1 amide bonds. The SMILES string of the molecule is COCCN(Cc1cccs1)C(=O)c1ccc(F)cc1C. The number of amides is 1. The second-order valence-corrected chi connectivity index (χ2v) is 5.79. The quantitative estimate of drug-likeness (QED) is 0.817. The highest BCUT2D eigenvalue weighted by molar-refractivity contribution is 7.09. The fourth-order valence-electron chi connectivity index (χ4n) is 2.08. The lowest BCUT2D eigenvalue weighted by Gasteiger charge is -2.22.